The van der Waals surface area contributed by atoms with Gasteiger partial charge in [0.2, 0.25) is 0 Å². The Morgan fingerprint density at radius 3 is 2.33 bits per heavy atom. The summed E-state index contributed by atoms with van der Waals surface area (Å²) in [5.41, 5.74) is 8.74. The lowest BCUT2D eigenvalue weighted by atomic mass is 9.72. The number of unbranched alkanes of at least 4 members (excludes halogenated alkanes) is 3. The number of aryl methyl sites for hydroxylation is 2. The third-order valence-electron chi connectivity index (χ3n) is 10.5. The Bertz CT molecular complexity index is 1250. The smallest absolute Gasteiger partial charge is 0.169 e. The average Bonchev–Trinajstić information content (AvgIpc) is 3.00. The highest BCUT2D eigenvalue weighted by Gasteiger charge is 2.41. The van der Waals surface area contributed by atoms with Gasteiger partial charge in [0.15, 0.2) is 16.6 Å². The van der Waals surface area contributed by atoms with E-state index in [4.69, 9.17) is 21.7 Å². The molecule has 0 bridgehead atoms. The number of ether oxygens (including phenoxy) is 2. The van der Waals surface area contributed by atoms with Gasteiger partial charge >= 0.3 is 0 Å². The van der Waals surface area contributed by atoms with Gasteiger partial charge in [-0.3, -0.25) is 4.90 Å². The van der Waals surface area contributed by atoms with Crippen molar-refractivity contribution in [2.24, 2.45) is 11.8 Å². The molecule has 42 heavy (non-hydrogen) atoms. The Kier molecular flexibility index (Phi) is 10.4. The molecule has 0 spiro atoms. The lowest BCUT2D eigenvalue weighted by Crippen LogP contribution is -2.49. The summed E-state index contributed by atoms with van der Waals surface area (Å²) in [6, 6.07) is 10.2. The van der Waals surface area contributed by atoms with Crippen LogP contribution in [0.1, 0.15) is 104 Å². The molecule has 2 aromatic rings. The van der Waals surface area contributed by atoms with Crippen LogP contribution in [0.5, 0.6) is 11.5 Å². The van der Waals surface area contributed by atoms with E-state index in [-0.39, 0.29) is 6.04 Å². The first-order valence-electron chi connectivity index (χ1n) is 16.5. The second-order valence-electron chi connectivity index (χ2n) is 13.0. The fourth-order valence-electron chi connectivity index (χ4n) is 7.88. The zero-order valence-corrected chi connectivity index (χ0v) is 27.7. The van der Waals surface area contributed by atoms with Crippen LogP contribution in [0.25, 0.3) is 0 Å². The van der Waals surface area contributed by atoms with Crippen molar-refractivity contribution in [2.45, 2.75) is 97.6 Å². The van der Waals surface area contributed by atoms with E-state index in [1.54, 1.807) is 25.3 Å². The van der Waals surface area contributed by atoms with E-state index < -0.39 is 0 Å². The van der Waals surface area contributed by atoms with Crippen LogP contribution in [0.2, 0.25) is 0 Å². The minimum absolute atomic E-state index is 0.234. The molecule has 4 atom stereocenters. The molecule has 0 amide bonds. The number of piperidine rings is 1. The van der Waals surface area contributed by atoms with E-state index in [9.17, 15) is 0 Å². The third kappa shape index (κ3) is 6.45. The number of hydrogen-bond acceptors (Lipinski definition) is 4. The molecule has 5 rings (SSSR count). The monoisotopic (exact) mass is 591 g/mol. The largest absolute Gasteiger partial charge is 0.493 e. The molecule has 230 valence electrons. The van der Waals surface area contributed by atoms with Gasteiger partial charge < -0.3 is 19.7 Å². The van der Waals surface area contributed by atoms with Gasteiger partial charge in [-0.1, -0.05) is 51.7 Å². The Labute approximate surface area is 260 Å². The van der Waals surface area contributed by atoms with E-state index in [0.717, 1.165) is 42.5 Å². The highest BCUT2D eigenvalue weighted by atomic mass is 32.1. The fourth-order valence-corrected chi connectivity index (χ4v) is 8.20. The van der Waals surface area contributed by atoms with Crippen LogP contribution in [-0.4, -0.2) is 55.3 Å². The average molecular weight is 592 g/mol. The van der Waals surface area contributed by atoms with Crippen LogP contribution in [0.4, 0.5) is 0 Å². The van der Waals surface area contributed by atoms with E-state index >= 15 is 0 Å². The predicted molar refractivity (Wildman–Crippen MR) is 178 cm³/mol. The number of hydrogen-bond donors (Lipinski definition) is 1. The molecule has 4 unspecified atom stereocenters. The molecule has 3 heterocycles. The van der Waals surface area contributed by atoms with Gasteiger partial charge in [0.1, 0.15) is 0 Å². The van der Waals surface area contributed by atoms with Gasteiger partial charge in [-0.05, 0) is 116 Å². The maximum absolute atomic E-state index is 6.12. The van der Waals surface area contributed by atoms with Crippen molar-refractivity contribution in [1.82, 2.24) is 15.1 Å². The molecular weight excluding hydrogens is 538 g/mol. The predicted octanol–water partition coefficient (Wildman–Crippen LogP) is 7.71. The molecule has 0 aromatic heterocycles. The molecule has 1 N–H and O–H groups in total. The Balaban J connectivity index is 1.44. The van der Waals surface area contributed by atoms with Crippen molar-refractivity contribution in [3.63, 3.8) is 0 Å². The van der Waals surface area contributed by atoms with Crippen molar-refractivity contribution in [2.75, 3.05) is 40.4 Å². The Morgan fingerprint density at radius 1 is 0.881 bits per heavy atom. The van der Waals surface area contributed by atoms with Gasteiger partial charge in [-0.25, -0.2) is 0 Å². The first-order valence-corrected chi connectivity index (χ1v) is 16.9. The standard InChI is InChI=1S/C36H53N3O2S/c1-7-9-10-11-14-37-36(42)39-16-13-28-21-34(40-5)35(41-6)22-31(28)33(39)20-29-19-32-30-18-25(4)24(3)17-27(30)12-15-38(32)23-26(29)8-2/h17-18,21-22,26,29,32-33H,7-16,19-20,23H2,1-6H3,(H,37,42). The lowest BCUT2D eigenvalue weighted by molar-refractivity contribution is 0.0378. The highest BCUT2D eigenvalue weighted by molar-refractivity contribution is 7.80. The second kappa shape index (κ2) is 14.0. The van der Waals surface area contributed by atoms with Gasteiger partial charge in [0.25, 0.3) is 0 Å². The number of fused-ring (bicyclic) bond motifs is 4. The zero-order valence-electron chi connectivity index (χ0n) is 26.9. The summed E-state index contributed by atoms with van der Waals surface area (Å²) in [6.45, 7) is 13.5. The lowest BCUT2D eigenvalue weighted by Gasteiger charge is -2.49. The number of methoxy groups -OCH3 is 2. The minimum atomic E-state index is 0.234. The van der Waals surface area contributed by atoms with Crippen molar-refractivity contribution in [3.05, 3.63) is 57.6 Å². The highest BCUT2D eigenvalue weighted by Crippen LogP contribution is 2.48. The molecule has 0 aliphatic carbocycles. The summed E-state index contributed by atoms with van der Waals surface area (Å²) in [5.74, 6) is 2.96. The maximum Gasteiger partial charge on any atom is 0.169 e. The number of benzene rings is 2. The summed E-state index contributed by atoms with van der Waals surface area (Å²) < 4.78 is 11.5. The summed E-state index contributed by atoms with van der Waals surface area (Å²) in [5, 5.41) is 4.56. The van der Waals surface area contributed by atoms with E-state index in [0.29, 0.717) is 17.9 Å². The molecule has 3 aliphatic heterocycles. The van der Waals surface area contributed by atoms with Crippen LogP contribution in [-0.2, 0) is 12.8 Å². The number of nitrogens with zero attached hydrogens (tertiary/aromatic N) is 2. The summed E-state index contributed by atoms with van der Waals surface area (Å²) in [7, 11) is 3.48. The van der Waals surface area contributed by atoms with Crippen LogP contribution in [0.15, 0.2) is 24.3 Å². The van der Waals surface area contributed by atoms with Crippen molar-refractivity contribution < 1.29 is 9.47 Å². The van der Waals surface area contributed by atoms with E-state index in [2.05, 4.69) is 67.1 Å². The Hall–Kier alpha value is -2.31. The summed E-state index contributed by atoms with van der Waals surface area (Å²) in [4.78, 5) is 5.30. The van der Waals surface area contributed by atoms with E-state index in [1.165, 1.54) is 80.3 Å². The molecule has 1 fully saturated rings. The van der Waals surface area contributed by atoms with Crippen molar-refractivity contribution >= 4 is 17.3 Å². The summed E-state index contributed by atoms with van der Waals surface area (Å²) >= 11 is 6.12. The fraction of sp³-hybridized carbons (Fsp3) is 0.639. The van der Waals surface area contributed by atoms with Crippen LogP contribution < -0.4 is 14.8 Å². The van der Waals surface area contributed by atoms with Gasteiger partial charge in [0.05, 0.1) is 20.3 Å². The van der Waals surface area contributed by atoms with Crippen LogP contribution in [0.3, 0.4) is 0 Å². The third-order valence-corrected chi connectivity index (χ3v) is 10.9. The molecule has 2 aromatic carbocycles. The molecule has 0 saturated carbocycles. The first-order chi connectivity index (χ1) is 20.4. The number of thiocarbonyl (C=S) groups is 1. The molecule has 3 aliphatic rings. The van der Waals surface area contributed by atoms with Gasteiger partial charge in [-0.15, -0.1) is 0 Å². The minimum Gasteiger partial charge on any atom is -0.493 e. The zero-order chi connectivity index (χ0) is 29.8. The SMILES string of the molecule is CCCCCCNC(=S)N1CCc2cc(OC)c(OC)cc2C1CC1CC2c3cc(C)c(C)cc3CCN2CC1CC. The van der Waals surface area contributed by atoms with Crippen LogP contribution >= 0.6 is 12.2 Å². The Morgan fingerprint density at radius 2 is 1.60 bits per heavy atom. The van der Waals surface area contributed by atoms with Crippen LogP contribution in [0, 0.1) is 25.7 Å². The van der Waals surface area contributed by atoms with Crippen molar-refractivity contribution in [3.8, 4) is 11.5 Å². The maximum atomic E-state index is 6.12. The molecule has 6 heteroatoms. The quantitative estimate of drug-likeness (QED) is 0.225. The normalized spacial score (nSPS) is 23.5. The topological polar surface area (TPSA) is 37.0 Å². The summed E-state index contributed by atoms with van der Waals surface area (Å²) in [6.07, 6.45) is 10.7. The second-order valence-corrected chi connectivity index (χ2v) is 13.3. The van der Waals surface area contributed by atoms with Gasteiger partial charge in [0, 0.05) is 32.2 Å². The molecule has 5 nitrogen and oxygen atoms in total. The van der Waals surface area contributed by atoms with Crippen molar-refractivity contribution in [1.29, 1.82) is 0 Å². The number of rotatable bonds is 10. The first kappa shape index (κ1) is 31.1. The molecule has 0 radical (unpaired) electrons. The molecular formula is C36H53N3O2S. The van der Waals surface area contributed by atoms with Gasteiger partial charge in [-0.2, -0.15) is 0 Å². The van der Waals surface area contributed by atoms with E-state index in [1.807, 2.05) is 0 Å². The number of nitrogens with one attached hydrogen (secondary N) is 1. The molecule has 1 saturated heterocycles.